The van der Waals surface area contributed by atoms with Crippen molar-refractivity contribution < 1.29 is 9.53 Å². The van der Waals surface area contributed by atoms with Crippen LogP contribution in [0, 0.1) is 13.8 Å². The maximum absolute atomic E-state index is 12.6. The number of methoxy groups -OCH3 is 1. The number of aryl methyl sites for hydroxylation is 1. The molecule has 0 N–H and O–H groups in total. The van der Waals surface area contributed by atoms with Crippen LogP contribution in [-0.4, -0.2) is 43.4 Å². The summed E-state index contributed by atoms with van der Waals surface area (Å²) in [6, 6.07) is 9.39. The van der Waals surface area contributed by atoms with Crippen LogP contribution in [0.5, 0.6) is 5.75 Å². The number of Topliss-reactive ketones (excluding diaryl/α,β-unsaturated/α-hetero) is 1. The molecular formula is C17H19N5O2S. The van der Waals surface area contributed by atoms with E-state index < -0.39 is 0 Å². The number of hydrogen-bond donors (Lipinski definition) is 0. The van der Waals surface area contributed by atoms with Crippen LogP contribution < -0.4 is 4.74 Å². The second-order valence-electron chi connectivity index (χ2n) is 5.60. The van der Waals surface area contributed by atoms with Crippen LogP contribution in [0.2, 0.25) is 0 Å². The number of ketones is 1. The molecule has 0 atom stereocenters. The van der Waals surface area contributed by atoms with Crippen molar-refractivity contribution in [2.75, 3.05) is 12.9 Å². The van der Waals surface area contributed by atoms with Gasteiger partial charge < -0.3 is 9.30 Å². The molecule has 3 aromatic rings. The molecule has 0 aliphatic carbocycles. The average Bonchev–Trinajstić information content (AvgIpc) is 3.20. The molecule has 0 radical (unpaired) electrons. The van der Waals surface area contributed by atoms with Gasteiger partial charge >= 0.3 is 0 Å². The second kappa shape index (κ2) is 7.10. The third-order valence-electron chi connectivity index (χ3n) is 4.16. The Labute approximate surface area is 150 Å². The first-order valence-electron chi connectivity index (χ1n) is 7.73. The molecule has 0 aliphatic rings. The fraction of sp³-hybridized carbons (Fsp3) is 0.294. The minimum atomic E-state index is 0.0563. The van der Waals surface area contributed by atoms with Gasteiger partial charge in [0.1, 0.15) is 11.4 Å². The number of carbonyl (C=O) groups is 1. The summed E-state index contributed by atoms with van der Waals surface area (Å²) in [6.07, 6.45) is 0. The molecule has 0 amide bonds. The second-order valence-corrected chi connectivity index (χ2v) is 6.54. The Kier molecular flexibility index (Phi) is 4.89. The molecule has 0 bridgehead atoms. The summed E-state index contributed by atoms with van der Waals surface area (Å²) in [5.74, 6) is 0.984. The van der Waals surface area contributed by atoms with Gasteiger partial charge in [-0.15, -0.1) is 5.10 Å². The van der Waals surface area contributed by atoms with Crippen LogP contribution in [-0.2, 0) is 7.05 Å². The Bertz CT molecular complexity index is 916. The topological polar surface area (TPSA) is 74.8 Å². The van der Waals surface area contributed by atoms with Gasteiger partial charge in [-0.05, 0) is 42.5 Å². The molecule has 0 aliphatic heterocycles. The molecule has 7 nitrogen and oxygen atoms in total. The molecule has 3 rings (SSSR count). The molecule has 130 valence electrons. The zero-order valence-corrected chi connectivity index (χ0v) is 15.4. The highest BCUT2D eigenvalue weighted by Gasteiger charge is 2.18. The van der Waals surface area contributed by atoms with Crippen LogP contribution >= 0.6 is 11.8 Å². The summed E-state index contributed by atoms with van der Waals surface area (Å²) >= 11 is 1.31. The van der Waals surface area contributed by atoms with Crippen molar-refractivity contribution in [3.05, 3.63) is 47.3 Å². The van der Waals surface area contributed by atoms with Gasteiger partial charge in [-0.25, -0.2) is 0 Å². The number of para-hydroxylation sites is 2. The van der Waals surface area contributed by atoms with Crippen LogP contribution in [0.1, 0.15) is 21.7 Å². The van der Waals surface area contributed by atoms with Crippen LogP contribution in [0.4, 0.5) is 0 Å². The lowest BCUT2D eigenvalue weighted by Crippen LogP contribution is -2.07. The van der Waals surface area contributed by atoms with Crippen molar-refractivity contribution >= 4 is 17.5 Å². The van der Waals surface area contributed by atoms with E-state index >= 15 is 0 Å². The van der Waals surface area contributed by atoms with Gasteiger partial charge in [-0.3, -0.25) is 4.79 Å². The van der Waals surface area contributed by atoms with Crippen molar-refractivity contribution in [1.82, 2.24) is 24.8 Å². The Hall–Kier alpha value is -2.61. The van der Waals surface area contributed by atoms with E-state index in [0.717, 1.165) is 22.6 Å². The molecule has 0 spiro atoms. The van der Waals surface area contributed by atoms with Gasteiger partial charge in [0.15, 0.2) is 5.78 Å². The van der Waals surface area contributed by atoms with E-state index in [2.05, 4.69) is 15.5 Å². The highest BCUT2D eigenvalue weighted by atomic mass is 32.2. The smallest absolute Gasteiger partial charge is 0.214 e. The highest BCUT2D eigenvalue weighted by molar-refractivity contribution is 7.99. The van der Waals surface area contributed by atoms with E-state index in [4.69, 9.17) is 4.74 Å². The zero-order valence-electron chi connectivity index (χ0n) is 14.6. The van der Waals surface area contributed by atoms with E-state index in [1.165, 1.54) is 11.8 Å². The van der Waals surface area contributed by atoms with Gasteiger partial charge in [-0.1, -0.05) is 23.9 Å². The summed E-state index contributed by atoms with van der Waals surface area (Å²) in [5.41, 5.74) is 3.50. The van der Waals surface area contributed by atoms with Gasteiger partial charge in [0.05, 0.1) is 12.9 Å². The number of nitrogens with zero attached hydrogens (tertiary/aromatic N) is 5. The van der Waals surface area contributed by atoms with Crippen molar-refractivity contribution in [2.45, 2.75) is 19.0 Å². The Morgan fingerprint density at radius 1 is 1.28 bits per heavy atom. The number of carbonyl (C=O) groups excluding carboxylic acids is 1. The van der Waals surface area contributed by atoms with Crippen LogP contribution in [0.25, 0.3) is 5.69 Å². The van der Waals surface area contributed by atoms with Crippen molar-refractivity contribution in [2.24, 2.45) is 7.05 Å². The summed E-state index contributed by atoms with van der Waals surface area (Å²) in [7, 11) is 3.55. The maximum Gasteiger partial charge on any atom is 0.214 e. The first-order valence-corrected chi connectivity index (χ1v) is 8.72. The Balaban J connectivity index is 1.80. The molecule has 1 aromatic carbocycles. The number of hydrogen-bond acceptors (Lipinski definition) is 6. The predicted molar refractivity (Wildman–Crippen MR) is 95.6 cm³/mol. The number of tetrazole rings is 1. The Morgan fingerprint density at radius 2 is 2.04 bits per heavy atom. The molecule has 8 heteroatoms. The number of thioether (sulfide) groups is 1. The zero-order chi connectivity index (χ0) is 18.0. The number of ether oxygens (including phenoxy) is 1. The quantitative estimate of drug-likeness (QED) is 0.499. The fourth-order valence-corrected chi connectivity index (χ4v) is 3.34. The van der Waals surface area contributed by atoms with Crippen molar-refractivity contribution in [1.29, 1.82) is 0 Å². The van der Waals surface area contributed by atoms with E-state index in [-0.39, 0.29) is 11.5 Å². The molecule has 2 heterocycles. The summed E-state index contributed by atoms with van der Waals surface area (Å²) in [5, 5.41) is 12.3. The Morgan fingerprint density at radius 3 is 2.72 bits per heavy atom. The normalized spacial score (nSPS) is 10.9. The third-order valence-corrected chi connectivity index (χ3v) is 5.08. The third kappa shape index (κ3) is 3.30. The highest BCUT2D eigenvalue weighted by Crippen LogP contribution is 2.26. The van der Waals surface area contributed by atoms with E-state index in [0.29, 0.717) is 10.9 Å². The van der Waals surface area contributed by atoms with Crippen molar-refractivity contribution in [3.8, 4) is 11.4 Å². The number of rotatable bonds is 6. The monoisotopic (exact) mass is 357 g/mol. The molecular weight excluding hydrogens is 338 g/mol. The standard InChI is InChI=1S/C17H19N5O2S/c1-11-9-13(12(2)21(11)3)15(23)10-25-17-18-19-20-22(17)14-7-5-6-8-16(14)24-4/h5-9H,10H2,1-4H3. The molecule has 0 fully saturated rings. The summed E-state index contributed by atoms with van der Waals surface area (Å²) in [4.78, 5) is 12.6. The molecule has 2 aromatic heterocycles. The predicted octanol–water partition coefficient (Wildman–Crippen LogP) is 2.60. The molecule has 25 heavy (non-hydrogen) atoms. The first kappa shape index (κ1) is 17.2. The van der Waals surface area contributed by atoms with Crippen molar-refractivity contribution in [3.63, 3.8) is 0 Å². The lowest BCUT2D eigenvalue weighted by atomic mass is 10.2. The lowest BCUT2D eigenvalue weighted by Gasteiger charge is -2.08. The summed E-state index contributed by atoms with van der Waals surface area (Å²) in [6.45, 7) is 3.93. The van der Waals surface area contributed by atoms with E-state index in [9.17, 15) is 4.79 Å². The summed E-state index contributed by atoms with van der Waals surface area (Å²) < 4.78 is 8.95. The number of benzene rings is 1. The van der Waals surface area contributed by atoms with E-state index in [1.807, 2.05) is 55.8 Å². The largest absolute Gasteiger partial charge is 0.494 e. The minimum absolute atomic E-state index is 0.0563. The van der Waals surface area contributed by atoms with Gasteiger partial charge in [-0.2, -0.15) is 4.68 Å². The van der Waals surface area contributed by atoms with Crippen LogP contribution in [0.15, 0.2) is 35.5 Å². The molecule has 0 unspecified atom stereocenters. The average molecular weight is 357 g/mol. The lowest BCUT2D eigenvalue weighted by molar-refractivity contribution is 0.102. The fourth-order valence-electron chi connectivity index (χ4n) is 2.57. The van der Waals surface area contributed by atoms with Gasteiger partial charge in [0.25, 0.3) is 0 Å². The minimum Gasteiger partial charge on any atom is -0.494 e. The molecule has 0 saturated carbocycles. The SMILES string of the molecule is COc1ccccc1-n1nnnc1SCC(=O)c1cc(C)n(C)c1C. The first-order chi connectivity index (χ1) is 12.0. The number of aromatic nitrogens is 5. The maximum atomic E-state index is 12.6. The van der Waals surface area contributed by atoms with Crippen LogP contribution in [0.3, 0.4) is 0 Å². The van der Waals surface area contributed by atoms with E-state index in [1.54, 1.807) is 11.8 Å². The van der Waals surface area contributed by atoms with Gasteiger partial charge in [0.2, 0.25) is 5.16 Å². The van der Waals surface area contributed by atoms with Gasteiger partial charge in [0, 0.05) is 24.0 Å². The molecule has 0 saturated heterocycles.